The number of anilines is 1. The summed E-state index contributed by atoms with van der Waals surface area (Å²) in [6.45, 7) is 5.58. The van der Waals surface area contributed by atoms with Crippen molar-refractivity contribution >= 4 is 40.3 Å². The van der Waals surface area contributed by atoms with Crippen molar-refractivity contribution < 1.29 is 23.8 Å². The monoisotopic (exact) mass is 444 g/mol. The summed E-state index contributed by atoms with van der Waals surface area (Å²) >= 11 is 0. The molecule has 168 valence electrons. The summed E-state index contributed by atoms with van der Waals surface area (Å²) in [6.07, 6.45) is 1.84. The topological polar surface area (TPSA) is 77.4 Å². The molecule has 0 saturated carbocycles. The molecule has 0 saturated heterocycles. The standard InChI is InChI=1S/C26H24N2O5/c1-15(29)32-22-12-16-10-11-21-23(17(16)13-18(22)24(30)31-5)27-14-26(33-21)25(2,3)19-8-6-7-9-20(19)28(26)4/h6-14H,1-5H3. The molecular weight excluding hydrogens is 420 g/mol. The lowest BCUT2D eigenvalue weighted by atomic mass is 9.77. The highest BCUT2D eigenvalue weighted by Crippen LogP contribution is 2.54. The number of hydrogen-bond acceptors (Lipinski definition) is 7. The zero-order chi connectivity index (χ0) is 23.5. The SMILES string of the molecule is COC(=O)c1cc2c3c(ccc2cc1OC(C)=O)OC1(C=N3)N(C)c2ccccc2C1(C)C. The number of carbonyl (C=O) groups is 2. The summed E-state index contributed by atoms with van der Waals surface area (Å²) in [5, 5.41) is 1.46. The van der Waals surface area contributed by atoms with E-state index in [2.05, 4.69) is 30.9 Å². The van der Waals surface area contributed by atoms with Gasteiger partial charge in [0.15, 0.2) is 0 Å². The molecule has 0 amide bonds. The van der Waals surface area contributed by atoms with E-state index in [-0.39, 0.29) is 16.7 Å². The van der Waals surface area contributed by atoms with Crippen LogP contribution in [0.3, 0.4) is 0 Å². The molecule has 1 atom stereocenters. The van der Waals surface area contributed by atoms with E-state index in [1.54, 1.807) is 12.1 Å². The molecule has 0 N–H and O–H groups in total. The normalized spacial score (nSPS) is 19.7. The number of methoxy groups -OCH3 is 1. The van der Waals surface area contributed by atoms with E-state index in [9.17, 15) is 9.59 Å². The molecule has 3 aromatic rings. The molecule has 0 radical (unpaired) electrons. The van der Waals surface area contributed by atoms with Crippen LogP contribution in [0.2, 0.25) is 0 Å². The molecule has 0 aromatic heterocycles. The Hall–Kier alpha value is -3.87. The number of likely N-dealkylation sites (N-methyl/N-ethyl adjacent to an activating group) is 1. The molecule has 2 heterocycles. The first-order valence-electron chi connectivity index (χ1n) is 10.6. The molecule has 7 heteroatoms. The molecule has 5 rings (SSSR count). The van der Waals surface area contributed by atoms with E-state index < -0.39 is 17.7 Å². The van der Waals surface area contributed by atoms with Crippen molar-refractivity contribution in [3.05, 3.63) is 59.7 Å². The molecule has 2 aliphatic rings. The third-order valence-electron chi connectivity index (χ3n) is 6.68. The predicted molar refractivity (Wildman–Crippen MR) is 126 cm³/mol. The molecule has 2 aliphatic heterocycles. The zero-order valence-electron chi connectivity index (χ0n) is 19.1. The number of nitrogens with zero attached hydrogens (tertiary/aromatic N) is 2. The Morgan fingerprint density at radius 1 is 1.09 bits per heavy atom. The van der Waals surface area contributed by atoms with Crippen LogP contribution >= 0.6 is 0 Å². The van der Waals surface area contributed by atoms with Gasteiger partial charge in [-0.1, -0.05) is 24.3 Å². The average molecular weight is 444 g/mol. The lowest BCUT2D eigenvalue weighted by Crippen LogP contribution is -2.61. The number of hydrogen-bond donors (Lipinski definition) is 0. The van der Waals surface area contributed by atoms with Crippen LogP contribution in [0, 0.1) is 0 Å². The van der Waals surface area contributed by atoms with Crippen molar-refractivity contribution in [3.8, 4) is 11.5 Å². The largest absolute Gasteiger partial charge is 0.465 e. The van der Waals surface area contributed by atoms with E-state index in [1.165, 1.54) is 19.6 Å². The van der Waals surface area contributed by atoms with E-state index >= 15 is 0 Å². The van der Waals surface area contributed by atoms with Gasteiger partial charge in [-0.05, 0) is 49.1 Å². The van der Waals surface area contributed by atoms with Crippen molar-refractivity contribution in [2.24, 2.45) is 4.99 Å². The highest BCUT2D eigenvalue weighted by atomic mass is 16.5. The van der Waals surface area contributed by atoms with E-state index in [4.69, 9.17) is 19.2 Å². The second kappa shape index (κ2) is 7.07. The van der Waals surface area contributed by atoms with Gasteiger partial charge in [-0.3, -0.25) is 9.79 Å². The van der Waals surface area contributed by atoms with Gasteiger partial charge in [-0.2, -0.15) is 0 Å². The van der Waals surface area contributed by atoms with Crippen LogP contribution in [0.25, 0.3) is 10.8 Å². The summed E-state index contributed by atoms with van der Waals surface area (Å²) in [6, 6.07) is 15.2. The number of ether oxygens (including phenoxy) is 3. The van der Waals surface area contributed by atoms with Gasteiger partial charge in [0.25, 0.3) is 0 Å². The molecule has 1 spiro atoms. The fraction of sp³-hybridized carbons (Fsp3) is 0.269. The van der Waals surface area contributed by atoms with Crippen molar-refractivity contribution in [1.29, 1.82) is 0 Å². The third-order valence-corrected chi connectivity index (χ3v) is 6.68. The van der Waals surface area contributed by atoms with Gasteiger partial charge in [0.2, 0.25) is 5.72 Å². The molecule has 0 bridgehead atoms. The lowest BCUT2D eigenvalue weighted by Gasteiger charge is -2.45. The third kappa shape index (κ3) is 2.85. The van der Waals surface area contributed by atoms with Gasteiger partial charge >= 0.3 is 11.9 Å². The minimum Gasteiger partial charge on any atom is -0.465 e. The van der Waals surface area contributed by atoms with Gasteiger partial charge in [-0.15, -0.1) is 0 Å². The average Bonchev–Trinajstić information content (AvgIpc) is 2.96. The van der Waals surface area contributed by atoms with E-state index in [0.717, 1.165) is 11.1 Å². The quantitative estimate of drug-likeness (QED) is 0.419. The minimum atomic E-state index is -0.805. The summed E-state index contributed by atoms with van der Waals surface area (Å²) in [5.41, 5.74) is 1.86. The van der Waals surface area contributed by atoms with E-state index in [0.29, 0.717) is 16.8 Å². The van der Waals surface area contributed by atoms with Crippen molar-refractivity contribution in [2.45, 2.75) is 31.9 Å². The Balaban J connectivity index is 1.67. The fourth-order valence-corrected chi connectivity index (χ4v) is 4.92. The van der Waals surface area contributed by atoms with Gasteiger partial charge in [0.1, 0.15) is 22.7 Å². The summed E-state index contributed by atoms with van der Waals surface area (Å²) in [7, 11) is 3.29. The number of fused-ring (bicyclic) bond motifs is 4. The highest BCUT2D eigenvalue weighted by Gasteiger charge is 2.58. The summed E-state index contributed by atoms with van der Waals surface area (Å²) in [4.78, 5) is 30.9. The first kappa shape index (κ1) is 21.0. The predicted octanol–water partition coefficient (Wildman–Crippen LogP) is 4.77. The van der Waals surface area contributed by atoms with Crippen molar-refractivity contribution in [1.82, 2.24) is 0 Å². The van der Waals surface area contributed by atoms with Gasteiger partial charge < -0.3 is 19.1 Å². The Bertz CT molecular complexity index is 1360. The molecule has 0 fully saturated rings. The minimum absolute atomic E-state index is 0.145. The van der Waals surface area contributed by atoms with Crippen LogP contribution in [0.1, 0.15) is 36.7 Å². The van der Waals surface area contributed by atoms with E-state index in [1.807, 2.05) is 37.5 Å². The number of para-hydroxylation sites is 1. The number of rotatable bonds is 2. The Morgan fingerprint density at radius 2 is 1.85 bits per heavy atom. The first-order valence-corrected chi connectivity index (χ1v) is 10.6. The maximum Gasteiger partial charge on any atom is 0.341 e. The van der Waals surface area contributed by atoms with Gasteiger partial charge in [-0.25, -0.2) is 4.79 Å². The zero-order valence-corrected chi connectivity index (χ0v) is 19.1. The molecular formula is C26H24N2O5. The summed E-state index contributed by atoms with van der Waals surface area (Å²) < 4.78 is 16.9. The molecule has 0 aliphatic carbocycles. The van der Waals surface area contributed by atoms with Crippen LogP contribution in [0.15, 0.2) is 53.5 Å². The second-order valence-electron chi connectivity index (χ2n) is 8.82. The van der Waals surface area contributed by atoms with Crippen LogP contribution < -0.4 is 14.4 Å². The molecule has 7 nitrogen and oxygen atoms in total. The maximum atomic E-state index is 12.4. The molecule has 1 unspecified atom stereocenters. The van der Waals surface area contributed by atoms with Gasteiger partial charge in [0.05, 0.1) is 18.7 Å². The second-order valence-corrected chi connectivity index (χ2v) is 8.82. The number of aliphatic imine (C=N–C) groups is 1. The summed E-state index contributed by atoms with van der Waals surface area (Å²) in [5.74, 6) is -0.373. The Kier molecular flexibility index (Phi) is 4.50. The van der Waals surface area contributed by atoms with Crippen LogP contribution in [0.5, 0.6) is 11.5 Å². The van der Waals surface area contributed by atoms with Crippen molar-refractivity contribution in [3.63, 3.8) is 0 Å². The number of carbonyl (C=O) groups excluding carboxylic acids is 2. The number of benzene rings is 3. The maximum absolute atomic E-state index is 12.4. The van der Waals surface area contributed by atoms with Gasteiger partial charge in [0, 0.05) is 25.0 Å². The van der Waals surface area contributed by atoms with Crippen LogP contribution in [0.4, 0.5) is 11.4 Å². The molecule has 3 aromatic carbocycles. The first-order chi connectivity index (χ1) is 15.7. The fourth-order valence-electron chi connectivity index (χ4n) is 4.92. The molecule has 33 heavy (non-hydrogen) atoms. The number of esters is 2. The highest BCUT2D eigenvalue weighted by molar-refractivity contribution is 6.05. The van der Waals surface area contributed by atoms with Crippen LogP contribution in [-0.2, 0) is 14.9 Å². The Morgan fingerprint density at radius 3 is 2.55 bits per heavy atom. The Labute approximate surface area is 191 Å². The lowest BCUT2D eigenvalue weighted by molar-refractivity contribution is -0.131. The smallest absolute Gasteiger partial charge is 0.341 e. The van der Waals surface area contributed by atoms with Crippen LogP contribution in [-0.4, -0.2) is 38.0 Å². The van der Waals surface area contributed by atoms with Crippen molar-refractivity contribution in [2.75, 3.05) is 19.1 Å².